The van der Waals surface area contributed by atoms with E-state index in [1.165, 1.54) is 0 Å². The monoisotopic (exact) mass is 314 g/mol. The second kappa shape index (κ2) is 5.92. The molecule has 1 saturated heterocycles. The summed E-state index contributed by atoms with van der Waals surface area (Å²) in [5.41, 5.74) is 0.468. The van der Waals surface area contributed by atoms with Crippen molar-refractivity contribution in [2.24, 2.45) is 11.8 Å². The lowest BCUT2D eigenvalue weighted by molar-refractivity contribution is -0.128. The van der Waals surface area contributed by atoms with E-state index in [1.54, 1.807) is 12.1 Å². The number of halogens is 2. The van der Waals surface area contributed by atoms with Crippen molar-refractivity contribution in [3.8, 4) is 0 Å². The average molecular weight is 315 g/mol. The van der Waals surface area contributed by atoms with E-state index in [0.717, 1.165) is 18.7 Å². The van der Waals surface area contributed by atoms with E-state index in [1.807, 2.05) is 26.8 Å². The molecule has 20 heavy (non-hydrogen) atoms. The Bertz CT molecular complexity index is 513. The van der Waals surface area contributed by atoms with Gasteiger partial charge < -0.3 is 10.6 Å². The fraction of sp³-hybridized carbons (Fsp3) is 0.533. The molecule has 1 aliphatic heterocycles. The van der Waals surface area contributed by atoms with Crippen molar-refractivity contribution in [2.75, 3.05) is 13.1 Å². The molecule has 1 amide bonds. The molecule has 0 spiro atoms. The van der Waals surface area contributed by atoms with Gasteiger partial charge in [0.1, 0.15) is 0 Å². The minimum atomic E-state index is -0.475. The summed E-state index contributed by atoms with van der Waals surface area (Å²) in [6.45, 7) is 7.75. The van der Waals surface area contributed by atoms with Gasteiger partial charge in [0.25, 0.3) is 0 Å². The number of benzene rings is 1. The molecule has 0 aliphatic carbocycles. The van der Waals surface area contributed by atoms with Crippen molar-refractivity contribution in [1.82, 2.24) is 10.6 Å². The number of amides is 1. The van der Waals surface area contributed by atoms with Crippen LogP contribution in [0.5, 0.6) is 0 Å². The molecule has 1 atom stereocenters. The number of carbonyl (C=O) groups excluding carboxylic acids is 1. The van der Waals surface area contributed by atoms with Crippen molar-refractivity contribution in [3.63, 3.8) is 0 Å². The average Bonchev–Trinajstić information content (AvgIpc) is 2.29. The lowest BCUT2D eigenvalue weighted by atomic mass is 9.86. The quantitative estimate of drug-likeness (QED) is 0.896. The number of hydrogen-bond donors (Lipinski definition) is 2. The van der Waals surface area contributed by atoms with E-state index in [4.69, 9.17) is 23.2 Å². The van der Waals surface area contributed by atoms with Gasteiger partial charge >= 0.3 is 0 Å². The number of nitrogens with one attached hydrogen (secondary N) is 2. The molecular formula is C15H20Cl2N2O. The molecule has 1 heterocycles. The highest BCUT2D eigenvalue weighted by Gasteiger charge is 2.32. The first kappa shape index (κ1) is 15.6. The van der Waals surface area contributed by atoms with Gasteiger partial charge in [-0.15, -0.1) is 0 Å². The fourth-order valence-electron chi connectivity index (χ4n) is 2.26. The molecule has 2 N–H and O–H groups in total. The van der Waals surface area contributed by atoms with Crippen LogP contribution >= 0.6 is 23.2 Å². The Kier molecular flexibility index (Phi) is 4.62. The molecule has 110 valence electrons. The molecule has 0 bridgehead atoms. The Hall–Kier alpha value is -0.770. The van der Waals surface area contributed by atoms with Crippen molar-refractivity contribution in [3.05, 3.63) is 33.8 Å². The molecular weight excluding hydrogens is 295 g/mol. The molecule has 0 saturated carbocycles. The third-order valence-electron chi connectivity index (χ3n) is 4.01. The zero-order chi connectivity index (χ0) is 14.9. The van der Waals surface area contributed by atoms with Gasteiger partial charge in [-0.1, -0.05) is 36.2 Å². The van der Waals surface area contributed by atoms with Crippen molar-refractivity contribution in [1.29, 1.82) is 0 Å². The largest absolute Gasteiger partial charge is 0.347 e. The lowest BCUT2D eigenvalue weighted by Gasteiger charge is -2.35. The second-order valence-corrected chi connectivity index (χ2v) is 6.76. The highest BCUT2D eigenvalue weighted by molar-refractivity contribution is 6.42. The first-order valence-electron chi connectivity index (χ1n) is 6.79. The van der Waals surface area contributed by atoms with E-state index in [0.29, 0.717) is 16.0 Å². The molecule has 0 aromatic heterocycles. The molecule has 1 aliphatic rings. The second-order valence-electron chi connectivity index (χ2n) is 5.95. The SMILES string of the molecule is CC(C(=O)NC(C)(C)c1ccc(Cl)c(Cl)c1)C1CNC1. The van der Waals surface area contributed by atoms with Gasteiger partial charge in [0, 0.05) is 5.92 Å². The Morgan fingerprint density at radius 2 is 2.00 bits per heavy atom. The van der Waals surface area contributed by atoms with Crippen LogP contribution in [0.2, 0.25) is 10.0 Å². The van der Waals surface area contributed by atoms with Crippen LogP contribution in [-0.2, 0) is 10.3 Å². The van der Waals surface area contributed by atoms with E-state index >= 15 is 0 Å². The molecule has 2 rings (SSSR count). The molecule has 1 aromatic rings. The molecule has 0 radical (unpaired) electrons. The Labute approximate surface area is 130 Å². The topological polar surface area (TPSA) is 41.1 Å². The third-order valence-corrected chi connectivity index (χ3v) is 4.75. The van der Waals surface area contributed by atoms with E-state index < -0.39 is 5.54 Å². The minimum Gasteiger partial charge on any atom is -0.347 e. The summed E-state index contributed by atoms with van der Waals surface area (Å²) < 4.78 is 0. The van der Waals surface area contributed by atoms with Crippen LogP contribution in [-0.4, -0.2) is 19.0 Å². The number of carbonyl (C=O) groups is 1. The lowest BCUT2D eigenvalue weighted by Crippen LogP contribution is -2.52. The standard InChI is InChI=1S/C15H20Cl2N2O/c1-9(10-7-18-8-10)14(20)19-15(2,3)11-4-5-12(16)13(17)6-11/h4-6,9-10,18H,7-8H2,1-3H3,(H,19,20). The predicted octanol–water partition coefficient (Wildman–Crippen LogP) is 3.20. The van der Waals surface area contributed by atoms with Crippen LogP contribution in [0, 0.1) is 11.8 Å². The van der Waals surface area contributed by atoms with Crippen LogP contribution in [0.25, 0.3) is 0 Å². The molecule has 1 aromatic carbocycles. The van der Waals surface area contributed by atoms with Crippen LogP contribution in [0.4, 0.5) is 0 Å². The summed E-state index contributed by atoms with van der Waals surface area (Å²) in [4.78, 5) is 12.3. The van der Waals surface area contributed by atoms with Gasteiger partial charge in [-0.2, -0.15) is 0 Å². The Morgan fingerprint density at radius 3 is 2.50 bits per heavy atom. The first-order valence-corrected chi connectivity index (χ1v) is 7.55. The smallest absolute Gasteiger partial charge is 0.223 e. The summed E-state index contributed by atoms with van der Waals surface area (Å²) in [7, 11) is 0. The zero-order valence-electron chi connectivity index (χ0n) is 12.0. The summed E-state index contributed by atoms with van der Waals surface area (Å²) >= 11 is 12.0. The Morgan fingerprint density at radius 1 is 1.35 bits per heavy atom. The van der Waals surface area contributed by atoms with E-state index in [2.05, 4.69) is 10.6 Å². The minimum absolute atomic E-state index is 0.0123. The van der Waals surface area contributed by atoms with Crippen LogP contribution in [0.15, 0.2) is 18.2 Å². The van der Waals surface area contributed by atoms with Gasteiger partial charge in [0.15, 0.2) is 0 Å². The van der Waals surface area contributed by atoms with Crippen molar-refractivity contribution < 1.29 is 4.79 Å². The maximum atomic E-state index is 12.3. The normalized spacial score (nSPS) is 17.4. The van der Waals surface area contributed by atoms with Gasteiger partial charge in [-0.05, 0) is 50.6 Å². The summed E-state index contributed by atoms with van der Waals surface area (Å²) in [6.07, 6.45) is 0. The first-order chi connectivity index (χ1) is 9.31. The molecule has 5 heteroatoms. The fourth-order valence-corrected chi connectivity index (χ4v) is 2.56. The van der Waals surface area contributed by atoms with Crippen LogP contribution in [0.3, 0.4) is 0 Å². The van der Waals surface area contributed by atoms with E-state index in [9.17, 15) is 4.79 Å². The maximum absolute atomic E-state index is 12.3. The van der Waals surface area contributed by atoms with Crippen LogP contribution in [0.1, 0.15) is 26.3 Å². The molecule has 3 nitrogen and oxygen atoms in total. The number of rotatable bonds is 4. The van der Waals surface area contributed by atoms with Crippen molar-refractivity contribution in [2.45, 2.75) is 26.3 Å². The van der Waals surface area contributed by atoms with E-state index in [-0.39, 0.29) is 11.8 Å². The van der Waals surface area contributed by atoms with Gasteiger partial charge in [0.2, 0.25) is 5.91 Å². The maximum Gasteiger partial charge on any atom is 0.223 e. The van der Waals surface area contributed by atoms with Gasteiger partial charge in [0.05, 0.1) is 15.6 Å². The van der Waals surface area contributed by atoms with Gasteiger partial charge in [-0.25, -0.2) is 0 Å². The molecule has 1 fully saturated rings. The highest BCUT2D eigenvalue weighted by atomic mass is 35.5. The number of hydrogen-bond acceptors (Lipinski definition) is 2. The zero-order valence-corrected chi connectivity index (χ0v) is 13.5. The van der Waals surface area contributed by atoms with Crippen LogP contribution < -0.4 is 10.6 Å². The van der Waals surface area contributed by atoms with Gasteiger partial charge in [-0.3, -0.25) is 4.79 Å². The van der Waals surface area contributed by atoms with Crippen molar-refractivity contribution >= 4 is 29.1 Å². The summed E-state index contributed by atoms with van der Waals surface area (Å²) in [6, 6.07) is 5.45. The summed E-state index contributed by atoms with van der Waals surface area (Å²) in [5.74, 6) is 0.519. The Balaban J connectivity index is 2.09. The molecule has 1 unspecified atom stereocenters. The highest BCUT2D eigenvalue weighted by Crippen LogP contribution is 2.29. The predicted molar refractivity (Wildman–Crippen MR) is 83.2 cm³/mol. The summed E-state index contributed by atoms with van der Waals surface area (Å²) in [5, 5.41) is 7.32. The third kappa shape index (κ3) is 3.27.